The van der Waals surface area contributed by atoms with Gasteiger partial charge in [-0.1, -0.05) is 30.3 Å². The average Bonchev–Trinajstić information content (AvgIpc) is 2.59. The molecule has 0 aromatic heterocycles. The van der Waals surface area contributed by atoms with Gasteiger partial charge in [-0.2, -0.15) is 0 Å². The number of benzene rings is 1. The Kier molecular flexibility index (Phi) is 11.2. The van der Waals surface area contributed by atoms with E-state index in [2.05, 4.69) is 15.4 Å². The van der Waals surface area contributed by atoms with Crippen LogP contribution in [-0.2, 0) is 16.1 Å². The Labute approximate surface area is 133 Å². The van der Waals surface area contributed by atoms with Crippen molar-refractivity contribution in [2.24, 2.45) is 0 Å². The fraction of sp³-hybridized carbons (Fsp3) is 0.588. The van der Waals surface area contributed by atoms with Gasteiger partial charge in [0.05, 0.1) is 0 Å². The molecule has 1 saturated heterocycles. The van der Waals surface area contributed by atoms with Crippen LogP contribution in [0.4, 0.5) is 0 Å². The first-order valence-electron chi connectivity index (χ1n) is 8.01. The first kappa shape index (κ1) is 18.6. The van der Waals surface area contributed by atoms with Crippen molar-refractivity contribution in [3.05, 3.63) is 35.9 Å². The summed E-state index contributed by atoms with van der Waals surface area (Å²) in [4.78, 5) is 9.76. The molecule has 1 aliphatic heterocycles. The van der Waals surface area contributed by atoms with Gasteiger partial charge < -0.3 is 20.5 Å². The van der Waals surface area contributed by atoms with Crippen LogP contribution in [0.15, 0.2) is 30.3 Å². The highest BCUT2D eigenvalue weighted by molar-refractivity contribution is 5.37. The zero-order valence-corrected chi connectivity index (χ0v) is 13.2. The molecule has 1 fully saturated rings. The predicted molar refractivity (Wildman–Crippen MR) is 87.5 cm³/mol. The number of piperidine rings is 1. The molecule has 1 aromatic carbocycles. The highest BCUT2D eigenvalue weighted by atomic mass is 16.5. The Balaban J connectivity index is 0.000000224. The van der Waals surface area contributed by atoms with Gasteiger partial charge >= 0.3 is 0 Å². The van der Waals surface area contributed by atoms with Crippen molar-refractivity contribution in [1.82, 2.24) is 10.6 Å². The van der Waals surface area contributed by atoms with Crippen molar-refractivity contribution in [2.75, 3.05) is 26.2 Å². The molecule has 124 valence electrons. The van der Waals surface area contributed by atoms with Crippen molar-refractivity contribution >= 4 is 6.47 Å². The smallest absolute Gasteiger partial charge is 0.293 e. The number of carbonyl (C=O) groups excluding carboxylic acids is 1. The second kappa shape index (κ2) is 13.2. The number of aliphatic hydroxyl groups is 1. The van der Waals surface area contributed by atoms with E-state index in [0.29, 0.717) is 25.7 Å². The third-order valence-electron chi connectivity index (χ3n) is 3.52. The van der Waals surface area contributed by atoms with Gasteiger partial charge in [-0.15, -0.1) is 0 Å². The van der Waals surface area contributed by atoms with Crippen LogP contribution in [0.5, 0.6) is 0 Å². The van der Waals surface area contributed by atoms with Gasteiger partial charge in [-0.3, -0.25) is 4.79 Å². The largest absolute Gasteiger partial charge is 0.463 e. The SMILES string of the molecule is O=COCc1ccccc1.OCCCCNC1CCNCC1. The molecule has 0 atom stereocenters. The Bertz CT molecular complexity index is 367. The quantitative estimate of drug-likeness (QED) is 0.501. The topological polar surface area (TPSA) is 70.6 Å². The predicted octanol–water partition coefficient (Wildman–Crippen LogP) is 1.46. The van der Waals surface area contributed by atoms with Crippen LogP contribution in [0.1, 0.15) is 31.2 Å². The Morgan fingerprint density at radius 1 is 1.23 bits per heavy atom. The van der Waals surface area contributed by atoms with Crippen LogP contribution in [0.25, 0.3) is 0 Å². The van der Waals surface area contributed by atoms with Gasteiger partial charge in [0.2, 0.25) is 0 Å². The van der Waals surface area contributed by atoms with Crippen molar-refractivity contribution in [3.63, 3.8) is 0 Å². The van der Waals surface area contributed by atoms with Crippen LogP contribution in [0.3, 0.4) is 0 Å². The fourth-order valence-corrected chi connectivity index (χ4v) is 2.27. The molecule has 5 heteroatoms. The highest BCUT2D eigenvalue weighted by Crippen LogP contribution is 2.01. The van der Waals surface area contributed by atoms with Gasteiger partial charge in [0.1, 0.15) is 6.61 Å². The summed E-state index contributed by atoms with van der Waals surface area (Å²) in [6.07, 6.45) is 4.52. The van der Waals surface area contributed by atoms with Gasteiger partial charge in [0.15, 0.2) is 0 Å². The maximum atomic E-state index is 9.76. The number of carbonyl (C=O) groups is 1. The number of aliphatic hydroxyl groups excluding tert-OH is 1. The molecule has 0 amide bonds. The van der Waals surface area contributed by atoms with E-state index in [0.717, 1.165) is 38.0 Å². The summed E-state index contributed by atoms with van der Waals surface area (Å²) in [7, 11) is 0. The second-order valence-corrected chi connectivity index (χ2v) is 5.30. The number of unbranched alkanes of at least 4 members (excludes halogenated alkanes) is 1. The molecule has 3 N–H and O–H groups in total. The van der Waals surface area contributed by atoms with Gasteiger partial charge in [-0.05, 0) is 50.9 Å². The van der Waals surface area contributed by atoms with Crippen molar-refractivity contribution in [2.45, 2.75) is 38.3 Å². The Hall–Kier alpha value is -1.43. The molecule has 0 aliphatic carbocycles. The monoisotopic (exact) mass is 308 g/mol. The molecular formula is C17H28N2O3. The van der Waals surface area contributed by atoms with E-state index in [4.69, 9.17) is 5.11 Å². The van der Waals surface area contributed by atoms with Crippen LogP contribution < -0.4 is 10.6 Å². The summed E-state index contributed by atoms with van der Waals surface area (Å²) >= 11 is 0. The first-order valence-corrected chi connectivity index (χ1v) is 8.01. The number of nitrogens with one attached hydrogen (secondary N) is 2. The average molecular weight is 308 g/mol. The minimum atomic E-state index is 0.327. The lowest BCUT2D eigenvalue weighted by Gasteiger charge is -2.23. The molecule has 22 heavy (non-hydrogen) atoms. The minimum Gasteiger partial charge on any atom is -0.463 e. The number of ether oxygens (including phenoxy) is 1. The maximum absolute atomic E-state index is 9.76. The van der Waals surface area contributed by atoms with Crippen LogP contribution in [0.2, 0.25) is 0 Å². The molecule has 0 radical (unpaired) electrons. The van der Waals surface area contributed by atoms with Gasteiger partial charge in [0.25, 0.3) is 6.47 Å². The van der Waals surface area contributed by atoms with E-state index in [1.807, 2.05) is 30.3 Å². The van der Waals surface area contributed by atoms with Crippen LogP contribution in [-0.4, -0.2) is 43.9 Å². The van der Waals surface area contributed by atoms with E-state index < -0.39 is 0 Å². The van der Waals surface area contributed by atoms with E-state index in [1.165, 1.54) is 12.8 Å². The zero-order valence-electron chi connectivity index (χ0n) is 13.2. The maximum Gasteiger partial charge on any atom is 0.293 e. The number of hydrogen-bond donors (Lipinski definition) is 3. The van der Waals surface area contributed by atoms with Gasteiger partial charge in [0, 0.05) is 12.6 Å². The fourth-order valence-electron chi connectivity index (χ4n) is 2.27. The van der Waals surface area contributed by atoms with Crippen LogP contribution >= 0.6 is 0 Å². The highest BCUT2D eigenvalue weighted by Gasteiger charge is 2.10. The van der Waals surface area contributed by atoms with Crippen molar-refractivity contribution < 1.29 is 14.6 Å². The second-order valence-electron chi connectivity index (χ2n) is 5.30. The van der Waals surface area contributed by atoms with Gasteiger partial charge in [-0.25, -0.2) is 0 Å². The first-order chi connectivity index (χ1) is 10.9. The molecule has 0 saturated carbocycles. The third kappa shape index (κ3) is 9.50. The van der Waals surface area contributed by atoms with E-state index in [-0.39, 0.29) is 0 Å². The van der Waals surface area contributed by atoms with E-state index >= 15 is 0 Å². The Morgan fingerprint density at radius 2 is 1.95 bits per heavy atom. The summed E-state index contributed by atoms with van der Waals surface area (Å²) in [6, 6.07) is 10.3. The zero-order chi connectivity index (χ0) is 15.9. The summed E-state index contributed by atoms with van der Waals surface area (Å²) in [5.74, 6) is 0. The minimum absolute atomic E-state index is 0.327. The molecule has 2 rings (SSSR count). The standard InChI is InChI=1S/C9H20N2O.C8H8O2/c12-8-2-1-5-11-9-3-6-10-7-4-9;9-7-10-6-8-4-2-1-3-5-8/h9-12H,1-8H2;1-5,7H,6H2. The molecule has 0 unspecified atom stereocenters. The van der Waals surface area contributed by atoms with Crippen molar-refractivity contribution in [1.29, 1.82) is 0 Å². The molecule has 1 aromatic rings. The van der Waals surface area contributed by atoms with E-state index in [1.54, 1.807) is 0 Å². The molecule has 0 bridgehead atoms. The summed E-state index contributed by atoms with van der Waals surface area (Å²) < 4.78 is 4.54. The lowest BCUT2D eigenvalue weighted by molar-refractivity contribution is -0.129. The van der Waals surface area contributed by atoms with E-state index in [9.17, 15) is 4.79 Å². The normalized spacial score (nSPS) is 14.8. The lowest BCUT2D eigenvalue weighted by Crippen LogP contribution is -2.40. The number of rotatable bonds is 8. The number of hydrogen-bond acceptors (Lipinski definition) is 5. The molecule has 1 heterocycles. The molecule has 0 spiro atoms. The molecule has 1 aliphatic rings. The van der Waals surface area contributed by atoms with Crippen molar-refractivity contribution in [3.8, 4) is 0 Å². The molecular weight excluding hydrogens is 280 g/mol. The lowest BCUT2D eigenvalue weighted by atomic mass is 10.1. The summed E-state index contributed by atoms with van der Waals surface area (Å²) in [5.41, 5.74) is 1.01. The van der Waals surface area contributed by atoms with Crippen LogP contribution in [0, 0.1) is 0 Å². The summed E-state index contributed by atoms with van der Waals surface area (Å²) in [6.45, 7) is 4.51. The molecule has 5 nitrogen and oxygen atoms in total. The Morgan fingerprint density at radius 3 is 2.59 bits per heavy atom. The third-order valence-corrected chi connectivity index (χ3v) is 3.52. The summed E-state index contributed by atoms with van der Waals surface area (Å²) in [5, 5.41) is 15.4.